The van der Waals surface area contributed by atoms with Gasteiger partial charge in [-0.2, -0.15) is 5.26 Å². The van der Waals surface area contributed by atoms with Gasteiger partial charge in [-0.15, -0.1) is 0 Å². The van der Waals surface area contributed by atoms with Crippen molar-refractivity contribution in [2.75, 3.05) is 0 Å². The van der Waals surface area contributed by atoms with Crippen LogP contribution in [-0.2, 0) is 0 Å². The third-order valence-electron chi connectivity index (χ3n) is 0. The summed E-state index contributed by atoms with van der Waals surface area (Å²) in [6.07, 6.45) is 0. The Balaban J connectivity index is -0.00000000848. The molecular weight excluding hydrogens is 126 g/mol. The average molecular weight is 142 g/mol. The van der Waals surface area contributed by atoms with Gasteiger partial charge in [0.1, 0.15) is 0 Å². The molecule has 0 unspecified atom stereocenters. The summed E-state index contributed by atoms with van der Waals surface area (Å²) in [5.74, 6) is 0. The van der Waals surface area contributed by atoms with E-state index in [0.717, 1.165) is 0 Å². The molecule has 0 rings (SSSR count). The second-order valence-corrected chi connectivity index (χ2v) is 1.17. The molecule has 0 fully saturated rings. The molecule has 0 radical (unpaired) electrons. The minimum absolute atomic E-state index is 0. The Morgan fingerprint density at radius 3 is 1.27 bits per heavy atom. The van der Waals surface area contributed by atoms with Gasteiger partial charge in [-0.05, 0) is 0 Å². The summed E-state index contributed by atoms with van der Waals surface area (Å²) >= 11 is 0. The molecule has 0 aromatic heterocycles. The molecule has 0 saturated carbocycles. The Bertz CT molecular complexity index is 82.9. The van der Waals surface area contributed by atoms with Gasteiger partial charge in [-0.3, -0.25) is 0 Å². The molecule has 11 heavy (non-hydrogen) atoms. The molecule has 0 amide bonds. The van der Waals surface area contributed by atoms with Gasteiger partial charge in [0, 0.05) is 6.92 Å². The van der Waals surface area contributed by atoms with E-state index in [-0.39, 0.29) is 52.6 Å². The van der Waals surface area contributed by atoms with E-state index in [2.05, 4.69) is 0 Å². The monoisotopic (exact) mass is 142 g/mol. The second-order valence-electron chi connectivity index (χ2n) is 1.17. The maximum atomic E-state index is 7.97. The Hall–Kier alpha value is 0.355. The van der Waals surface area contributed by atoms with Gasteiger partial charge in [0.05, 0.1) is 6.07 Å². The van der Waals surface area contributed by atoms with Gasteiger partial charge in [0.2, 0.25) is 0 Å². The summed E-state index contributed by atoms with van der Waals surface area (Å²) in [7, 11) is 0. The van der Waals surface area contributed by atoms with Gasteiger partial charge >= 0.3 is 37.7 Å². The van der Waals surface area contributed by atoms with E-state index in [1.165, 1.54) is 6.92 Å². The molecule has 56 valence electrons. The van der Waals surface area contributed by atoms with Crippen molar-refractivity contribution in [3.63, 3.8) is 0 Å². The van der Waals surface area contributed by atoms with Gasteiger partial charge < -0.3 is 12.8 Å². The number of nitriles is 1. The van der Waals surface area contributed by atoms with E-state index in [4.69, 9.17) is 10.7 Å². The maximum Gasteiger partial charge on any atom is 1.00 e. The maximum absolute atomic E-state index is 7.97. The van der Waals surface area contributed by atoms with Crippen LogP contribution in [0.2, 0.25) is 0 Å². The molecule has 0 saturated heterocycles. The smallest absolute Gasteiger partial charge is 0.812 e. The van der Waals surface area contributed by atoms with Crippen molar-refractivity contribution in [1.29, 1.82) is 5.26 Å². The molecule has 0 bridgehead atoms. The number of nitrogens with zero attached hydrogens (tertiary/aromatic N) is 2. The molecule has 0 atom stereocenters. The van der Waals surface area contributed by atoms with E-state index < -0.39 is 0 Å². The van der Waals surface area contributed by atoms with Crippen LogP contribution in [0, 0.1) is 18.8 Å². The van der Waals surface area contributed by atoms with Crippen LogP contribution in [0.1, 0.15) is 28.2 Å². The standard InChI is InChI=1S/C3H6N.C2H3N.CH4.CH3.2Li/c1-3(2)4;1-2-3;;;;/h1-2H3;1H3;1H4;1H3;;/q-1;;;-1;2*+1. The van der Waals surface area contributed by atoms with Crippen LogP contribution in [0.5, 0.6) is 0 Å². The van der Waals surface area contributed by atoms with Gasteiger partial charge in [0.15, 0.2) is 0 Å². The molecule has 0 aliphatic carbocycles. The molecule has 0 aromatic rings. The Labute approximate surface area is 95.6 Å². The molecular formula is C7H16Li2N2. The Morgan fingerprint density at radius 1 is 1.27 bits per heavy atom. The minimum Gasteiger partial charge on any atom is -0.812 e. The van der Waals surface area contributed by atoms with E-state index in [1.807, 2.05) is 0 Å². The van der Waals surface area contributed by atoms with Crippen LogP contribution < -0.4 is 37.7 Å². The first kappa shape index (κ1) is 42.5. The first-order valence-electron chi connectivity index (χ1n) is 1.95. The molecule has 4 heteroatoms. The molecule has 0 aliphatic heterocycles. The zero-order valence-electron chi connectivity index (χ0n) is 7.89. The van der Waals surface area contributed by atoms with Crippen molar-refractivity contribution in [2.24, 2.45) is 0 Å². The molecule has 2 nitrogen and oxygen atoms in total. The predicted molar refractivity (Wildman–Crippen MR) is 44.1 cm³/mol. The van der Waals surface area contributed by atoms with Crippen molar-refractivity contribution in [2.45, 2.75) is 28.2 Å². The average Bonchev–Trinajstić information content (AvgIpc) is 1.33. The minimum atomic E-state index is 0. The van der Waals surface area contributed by atoms with E-state index >= 15 is 0 Å². The van der Waals surface area contributed by atoms with Crippen LogP contribution in [0.4, 0.5) is 0 Å². The fourth-order valence-corrected chi connectivity index (χ4v) is 0. The van der Waals surface area contributed by atoms with Crippen LogP contribution >= 0.6 is 0 Å². The fourth-order valence-electron chi connectivity index (χ4n) is 0. The largest absolute Gasteiger partial charge is 1.00 e. The number of hydrogen-bond acceptors (Lipinski definition) is 1. The topological polar surface area (TPSA) is 46.1 Å². The van der Waals surface area contributed by atoms with Gasteiger partial charge in [0.25, 0.3) is 0 Å². The summed E-state index contributed by atoms with van der Waals surface area (Å²) in [6.45, 7) is 4.71. The summed E-state index contributed by atoms with van der Waals surface area (Å²) in [6, 6.07) is 1.75. The normalized spacial score (nSPS) is 3.09. The van der Waals surface area contributed by atoms with Crippen molar-refractivity contribution in [1.82, 2.24) is 0 Å². The first-order chi connectivity index (χ1) is 3.15. The SMILES string of the molecule is C.CC#N.CC(C)=[N-].[CH3-].[Li+].[Li+]. The molecule has 0 N–H and O–H groups in total. The fraction of sp³-hybridized carbons (Fsp3) is 0.571. The quantitative estimate of drug-likeness (QED) is 0.198. The Morgan fingerprint density at radius 2 is 1.27 bits per heavy atom. The third-order valence-corrected chi connectivity index (χ3v) is 0. The van der Waals surface area contributed by atoms with Crippen molar-refractivity contribution < 1.29 is 37.7 Å². The zero-order valence-corrected chi connectivity index (χ0v) is 7.89. The van der Waals surface area contributed by atoms with Crippen LogP contribution in [0.15, 0.2) is 0 Å². The summed E-state index contributed by atoms with van der Waals surface area (Å²) in [5.41, 5.74) is 0.417. The van der Waals surface area contributed by atoms with Crippen molar-refractivity contribution >= 4 is 5.71 Å². The zero-order chi connectivity index (χ0) is 6.28. The number of hydrogen-bond donors (Lipinski definition) is 0. The van der Waals surface area contributed by atoms with Crippen molar-refractivity contribution in [3.8, 4) is 6.07 Å². The summed E-state index contributed by atoms with van der Waals surface area (Å²) in [5, 5.41) is 15.3. The van der Waals surface area contributed by atoms with E-state index in [0.29, 0.717) is 5.71 Å². The van der Waals surface area contributed by atoms with Crippen molar-refractivity contribution in [3.05, 3.63) is 12.8 Å². The van der Waals surface area contributed by atoms with Crippen LogP contribution in [-0.4, -0.2) is 5.71 Å². The molecule has 0 spiro atoms. The molecule has 0 aliphatic rings. The summed E-state index contributed by atoms with van der Waals surface area (Å²) in [4.78, 5) is 0. The molecule has 0 heterocycles. The van der Waals surface area contributed by atoms with E-state index in [9.17, 15) is 0 Å². The predicted octanol–water partition coefficient (Wildman–Crippen LogP) is -3.34. The van der Waals surface area contributed by atoms with Gasteiger partial charge in [-0.25, -0.2) is 5.71 Å². The number of rotatable bonds is 0. The molecule has 0 aromatic carbocycles. The van der Waals surface area contributed by atoms with Crippen LogP contribution in [0.3, 0.4) is 0 Å². The van der Waals surface area contributed by atoms with E-state index in [1.54, 1.807) is 19.9 Å². The Kier molecular flexibility index (Phi) is 184. The first-order valence-corrected chi connectivity index (χ1v) is 1.95. The second kappa shape index (κ2) is 47.8. The van der Waals surface area contributed by atoms with Crippen LogP contribution in [0.25, 0.3) is 5.41 Å². The van der Waals surface area contributed by atoms with Gasteiger partial charge in [-0.1, -0.05) is 21.3 Å². The third kappa shape index (κ3) is 5740. The summed E-state index contributed by atoms with van der Waals surface area (Å²) < 4.78 is 0.